The molecule has 162 valence electrons. The van der Waals surface area contributed by atoms with Crippen LogP contribution in [0, 0.1) is 0 Å². The highest BCUT2D eigenvalue weighted by Gasteiger charge is 2.23. The monoisotopic (exact) mass is 432 g/mol. The predicted octanol–water partition coefficient (Wildman–Crippen LogP) is 3.31. The molecule has 1 fully saturated rings. The lowest BCUT2D eigenvalue weighted by Gasteiger charge is -2.21. The van der Waals surface area contributed by atoms with Crippen molar-refractivity contribution in [2.45, 2.75) is 19.0 Å². The number of aliphatic imine (C=N–C) groups is 1. The summed E-state index contributed by atoms with van der Waals surface area (Å²) in [4.78, 5) is 6.70. The van der Waals surface area contributed by atoms with Crippen molar-refractivity contribution in [2.75, 3.05) is 46.4 Å². The third kappa shape index (κ3) is 5.21. The third-order valence-electron chi connectivity index (χ3n) is 5.16. The van der Waals surface area contributed by atoms with E-state index in [1.54, 1.807) is 28.4 Å². The van der Waals surface area contributed by atoms with Gasteiger partial charge in [0.05, 0.1) is 21.3 Å². The van der Waals surface area contributed by atoms with Gasteiger partial charge in [-0.05, 0) is 30.7 Å². The molecule has 30 heavy (non-hydrogen) atoms. The van der Waals surface area contributed by atoms with E-state index in [2.05, 4.69) is 26.6 Å². The zero-order valence-corrected chi connectivity index (χ0v) is 18.6. The second-order valence-corrected chi connectivity index (χ2v) is 7.44. The van der Waals surface area contributed by atoms with Crippen LogP contribution in [0.25, 0.3) is 0 Å². The first-order valence-electron chi connectivity index (χ1n) is 9.84. The van der Waals surface area contributed by atoms with E-state index in [0.717, 1.165) is 47.5 Å². The number of halogens is 1. The predicted molar refractivity (Wildman–Crippen MR) is 122 cm³/mol. The average Bonchev–Trinajstić information content (AvgIpc) is 3.24. The Morgan fingerprint density at radius 1 is 1.10 bits per heavy atom. The maximum absolute atomic E-state index is 6.13. The molecule has 0 amide bonds. The maximum Gasteiger partial charge on any atom is 0.191 e. The Morgan fingerprint density at radius 3 is 2.50 bits per heavy atom. The first kappa shape index (κ1) is 21.9. The lowest BCUT2D eigenvalue weighted by atomic mass is 10.1. The minimum Gasteiger partial charge on any atom is -0.496 e. The molecule has 0 radical (unpaired) electrons. The molecular weight excluding hydrogens is 404 g/mol. The van der Waals surface area contributed by atoms with Gasteiger partial charge in [-0.25, -0.2) is 0 Å². The van der Waals surface area contributed by atoms with Crippen LogP contribution in [0.4, 0.5) is 5.69 Å². The zero-order valence-electron chi connectivity index (χ0n) is 17.9. The summed E-state index contributed by atoms with van der Waals surface area (Å²) in [5, 5.41) is 7.62. The van der Waals surface area contributed by atoms with Gasteiger partial charge >= 0.3 is 0 Å². The van der Waals surface area contributed by atoms with Crippen LogP contribution in [0.1, 0.15) is 12.0 Å². The molecule has 2 N–H and O–H groups in total. The van der Waals surface area contributed by atoms with Crippen molar-refractivity contribution in [1.82, 2.24) is 10.6 Å². The minimum atomic E-state index is 0.294. The molecule has 1 aliphatic heterocycles. The van der Waals surface area contributed by atoms with Gasteiger partial charge in [0.15, 0.2) is 17.5 Å². The second kappa shape index (κ2) is 10.3. The molecule has 2 aromatic carbocycles. The first-order valence-corrected chi connectivity index (χ1v) is 10.2. The number of rotatable bonds is 7. The van der Waals surface area contributed by atoms with Crippen molar-refractivity contribution in [1.29, 1.82) is 0 Å². The number of guanidine groups is 1. The molecule has 1 heterocycles. The summed E-state index contributed by atoms with van der Waals surface area (Å²) in [5.74, 6) is 2.76. The molecule has 1 saturated heterocycles. The highest BCUT2D eigenvalue weighted by molar-refractivity contribution is 6.30. The van der Waals surface area contributed by atoms with E-state index in [1.165, 1.54) is 0 Å². The van der Waals surface area contributed by atoms with Crippen LogP contribution in [0.3, 0.4) is 0 Å². The van der Waals surface area contributed by atoms with Gasteiger partial charge in [0.1, 0.15) is 5.75 Å². The lowest BCUT2D eigenvalue weighted by molar-refractivity contribution is 0.347. The van der Waals surface area contributed by atoms with Crippen molar-refractivity contribution in [2.24, 2.45) is 4.99 Å². The number of ether oxygens (including phenoxy) is 3. The third-order valence-corrected chi connectivity index (χ3v) is 5.39. The Balaban J connectivity index is 1.60. The van der Waals surface area contributed by atoms with Crippen LogP contribution < -0.4 is 29.7 Å². The number of methoxy groups -OCH3 is 3. The lowest BCUT2D eigenvalue weighted by Crippen LogP contribution is -2.44. The molecule has 7 nitrogen and oxygen atoms in total. The summed E-state index contributed by atoms with van der Waals surface area (Å²) in [6, 6.07) is 12.0. The summed E-state index contributed by atoms with van der Waals surface area (Å²) in [6.07, 6.45) is 1.02. The van der Waals surface area contributed by atoms with E-state index < -0.39 is 0 Å². The fourth-order valence-corrected chi connectivity index (χ4v) is 3.77. The number of nitrogens with zero attached hydrogens (tertiary/aromatic N) is 2. The molecule has 1 atom stereocenters. The number of anilines is 1. The van der Waals surface area contributed by atoms with Crippen LogP contribution in [-0.4, -0.2) is 53.5 Å². The van der Waals surface area contributed by atoms with Crippen LogP contribution in [0.5, 0.6) is 17.2 Å². The second-order valence-electron chi connectivity index (χ2n) is 7.00. The van der Waals surface area contributed by atoms with Crippen LogP contribution in [0.2, 0.25) is 5.02 Å². The molecule has 2 aromatic rings. The molecule has 0 bridgehead atoms. The largest absolute Gasteiger partial charge is 0.496 e. The molecule has 8 heteroatoms. The van der Waals surface area contributed by atoms with Gasteiger partial charge in [-0.2, -0.15) is 0 Å². The van der Waals surface area contributed by atoms with Gasteiger partial charge < -0.3 is 29.7 Å². The molecule has 0 spiro atoms. The Labute approximate surface area is 183 Å². The zero-order chi connectivity index (χ0) is 21.5. The van der Waals surface area contributed by atoms with E-state index in [1.807, 2.05) is 30.3 Å². The van der Waals surface area contributed by atoms with Gasteiger partial charge in [0.2, 0.25) is 0 Å². The summed E-state index contributed by atoms with van der Waals surface area (Å²) >= 11 is 6.13. The summed E-state index contributed by atoms with van der Waals surface area (Å²) in [5.41, 5.74) is 2.09. The van der Waals surface area contributed by atoms with Gasteiger partial charge in [0, 0.05) is 55.1 Å². The maximum atomic E-state index is 6.13. The van der Waals surface area contributed by atoms with Gasteiger partial charge in [-0.15, -0.1) is 0 Å². The van der Waals surface area contributed by atoms with E-state index in [4.69, 9.17) is 25.8 Å². The van der Waals surface area contributed by atoms with Crippen molar-refractivity contribution in [3.63, 3.8) is 0 Å². The number of hydrogen-bond acceptors (Lipinski definition) is 5. The molecule has 1 unspecified atom stereocenters. The molecule has 0 saturated carbocycles. The molecule has 3 rings (SSSR count). The van der Waals surface area contributed by atoms with Gasteiger partial charge in [-0.1, -0.05) is 17.7 Å². The van der Waals surface area contributed by atoms with Crippen LogP contribution in [0.15, 0.2) is 41.4 Å². The highest BCUT2D eigenvalue weighted by Crippen LogP contribution is 2.34. The fourth-order valence-electron chi connectivity index (χ4n) is 3.58. The average molecular weight is 433 g/mol. The van der Waals surface area contributed by atoms with Gasteiger partial charge in [-0.3, -0.25) is 4.99 Å². The van der Waals surface area contributed by atoms with E-state index in [9.17, 15) is 0 Å². The number of nitrogens with one attached hydrogen (secondary N) is 2. The molecule has 0 aliphatic carbocycles. The SMILES string of the molecule is CN=C(NCc1cc(OC)c(OC)cc1OC)NC1CCN(c2cccc(Cl)c2)C1. The topological polar surface area (TPSA) is 67.4 Å². The van der Waals surface area contributed by atoms with E-state index in [-0.39, 0.29) is 0 Å². The Morgan fingerprint density at radius 2 is 1.83 bits per heavy atom. The highest BCUT2D eigenvalue weighted by atomic mass is 35.5. The normalized spacial score (nSPS) is 16.4. The number of hydrogen-bond donors (Lipinski definition) is 2. The Bertz CT molecular complexity index is 891. The molecule has 0 aromatic heterocycles. The summed E-state index contributed by atoms with van der Waals surface area (Å²) < 4.78 is 16.3. The quantitative estimate of drug-likeness (QED) is 0.517. The van der Waals surface area contributed by atoms with Crippen LogP contribution in [-0.2, 0) is 6.54 Å². The van der Waals surface area contributed by atoms with Crippen molar-refractivity contribution < 1.29 is 14.2 Å². The molecular formula is C22H29ClN4O3. The minimum absolute atomic E-state index is 0.294. The first-order chi connectivity index (χ1) is 14.6. The van der Waals surface area contributed by atoms with Crippen molar-refractivity contribution in [3.05, 3.63) is 47.0 Å². The standard InChI is InChI=1S/C22H29ClN4O3/c1-24-22(25-13-15-10-20(29-3)21(30-4)12-19(15)28-2)26-17-8-9-27(14-17)18-7-5-6-16(23)11-18/h5-7,10-12,17H,8-9,13-14H2,1-4H3,(H2,24,25,26). The van der Waals surface area contributed by atoms with E-state index in [0.29, 0.717) is 24.1 Å². The summed E-state index contributed by atoms with van der Waals surface area (Å²) in [7, 11) is 6.63. The molecule has 1 aliphatic rings. The van der Waals surface area contributed by atoms with Crippen LogP contribution >= 0.6 is 11.6 Å². The Hall–Kier alpha value is -2.80. The van der Waals surface area contributed by atoms with E-state index >= 15 is 0 Å². The van der Waals surface area contributed by atoms with Gasteiger partial charge in [0.25, 0.3) is 0 Å². The smallest absolute Gasteiger partial charge is 0.191 e. The Kier molecular flexibility index (Phi) is 7.52. The van der Waals surface area contributed by atoms with Crippen molar-refractivity contribution in [3.8, 4) is 17.2 Å². The van der Waals surface area contributed by atoms with Crippen molar-refractivity contribution >= 4 is 23.2 Å². The number of benzene rings is 2. The summed E-state index contributed by atoms with van der Waals surface area (Å²) in [6.45, 7) is 2.40. The fraction of sp³-hybridized carbons (Fsp3) is 0.409.